The van der Waals surface area contributed by atoms with Gasteiger partial charge in [-0.1, -0.05) is 30.3 Å². The van der Waals surface area contributed by atoms with E-state index in [9.17, 15) is 9.59 Å². The number of likely N-dealkylation sites (N-methyl/N-ethyl adjacent to an activating group) is 1. The van der Waals surface area contributed by atoms with Crippen LogP contribution in [0.5, 0.6) is 0 Å². The Labute approximate surface area is 135 Å². The summed E-state index contributed by atoms with van der Waals surface area (Å²) in [6, 6.07) is 9.05. The minimum atomic E-state index is -0.380. The van der Waals surface area contributed by atoms with E-state index >= 15 is 0 Å². The molecular weight excluding hydrogens is 294 g/mol. The van der Waals surface area contributed by atoms with Gasteiger partial charge in [0.25, 0.3) is 5.91 Å². The number of amides is 3. The SMILES string of the molecule is COCCCN1CC2=C(C1=O)C(c1ccccc1)NC(=O)N2C. The highest BCUT2D eigenvalue weighted by molar-refractivity contribution is 6.01. The van der Waals surface area contributed by atoms with E-state index in [1.807, 2.05) is 30.3 Å². The maximum absolute atomic E-state index is 12.8. The van der Waals surface area contributed by atoms with Gasteiger partial charge in [-0.05, 0) is 12.0 Å². The highest BCUT2D eigenvalue weighted by Crippen LogP contribution is 2.35. The van der Waals surface area contributed by atoms with Crippen molar-refractivity contribution in [3.05, 3.63) is 47.2 Å². The second-order valence-electron chi connectivity index (χ2n) is 5.79. The fraction of sp³-hybridized carbons (Fsp3) is 0.412. The molecule has 1 atom stereocenters. The van der Waals surface area contributed by atoms with E-state index in [4.69, 9.17) is 4.74 Å². The first-order valence-electron chi connectivity index (χ1n) is 7.74. The fourth-order valence-electron chi connectivity index (χ4n) is 3.10. The summed E-state index contributed by atoms with van der Waals surface area (Å²) in [7, 11) is 3.36. The Hall–Kier alpha value is -2.34. The Morgan fingerprint density at radius 2 is 2.00 bits per heavy atom. The van der Waals surface area contributed by atoms with E-state index in [0.717, 1.165) is 17.7 Å². The van der Waals surface area contributed by atoms with Crippen molar-refractivity contribution in [3.63, 3.8) is 0 Å². The molecular formula is C17H21N3O3. The lowest BCUT2D eigenvalue weighted by atomic mass is 9.96. The summed E-state index contributed by atoms with van der Waals surface area (Å²) in [6.07, 6.45) is 0.782. The monoisotopic (exact) mass is 315 g/mol. The number of hydrogen-bond donors (Lipinski definition) is 1. The van der Waals surface area contributed by atoms with E-state index < -0.39 is 0 Å². The quantitative estimate of drug-likeness (QED) is 0.838. The maximum atomic E-state index is 12.8. The zero-order valence-electron chi connectivity index (χ0n) is 13.4. The molecule has 6 nitrogen and oxygen atoms in total. The minimum Gasteiger partial charge on any atom is -0.385 e. The summed E-state index contributed by atoms with van der Waals surface area (Å²) in [6.45, 7) is 1.72. The molecule has 3 amide bonds. The molecule has 6 heteroatoms. The Morgan fingerprint density at radius 1 is 1.26 bits per heavy atom. The highest BCUT2D eigenvalue weighted by atomic mass is 16.5. The molecule has 1 aromatic carbocycles. The molecule has 0 aliphatic carbocycles. The average Bonchev–Trinajstić information content (AvgIpc) is 2.89. The third-order valence-corrected chi connectivity index (χ3v) is 4.34. The van der Waals surface area contributed by atoms with Gasteiger partial charge in [-0.15, -0.1) is 0 Å². The summed E-state index contributed by atoms with van der Waals surface area (Å²) < 4.78 is 5.06. The molecule has 1 aromatic rings. The second-order valence-corrected chi connectivity index (χ2v) is 5.79. The van der Waals surface area contributed by atoms with Crippen LogP contribution in [0.15, 0.2) is 41.6 Å². The first-order valence-corrected chi connectivity index (χ1v) is 7.74. The first kappa shape index (κ1) is 15.6. The van der Waals surface area contributed by atoms with Crippen LogP contribution in [-0.2, 0) is 9.53 Å². The van der Waals surface area contributed by atoms with E-state index in [-0.39, 0.29) is 18.0 Å². The van der Waals surface area contributed by atoms with Crippen molar-refractivity contribution in [2.24, 2.45) is 0 Å². The van der Waals surface area contributed by atoms with Crippen LogP contribution in [0.4, 0.5) is 4.79 Å². The Bertz CT molecular complexity index is 642. The van der Waals surface area contributed by atoms with Crippen LogP contribution in [0, 0.1) is 0 Å². The molecule has 0 aromatic heterocycles. The predicted molar refractivity (Wildman–Crippen MR) is 85.6 cm³/mol. The van der Waals surface area contributed by atoms with Crippen molar-refractivity contribution in [1.29, 1.82) is 0 Å². The van der Waals surface area contributed by atoms with Crippen LogP contribution in [0.25, 0.3) is 0 Å². The van der Waals surface area contributed by atoms with Crippen molar-refractivity contribution in [2.75, 3.05) is 33.9 Å². The summed E-state index contributed by atoms with van der Waals surface area (Å²) in [5, 5.41) is 2.93. The number of nitrogens with one attached hydrogen (secondary N) is 1. The molecule has 0 spiro atoms. The normalized spacial score (nSPS) is 20.9. The Balaban J connectivity index is 1.89. The number of ether oxygens (including phenoxy) is 1. The van der Waals surface area contributed by atoms with Crippen LogP contribution >= 0.6 is 0 Å². The molecule has 0 radical (unpaired) electrons. The van der Waals surface area contributed by atoms with E-state index in [1.54, 1.807) is 24.0 Å². The smallest absolute Gasteiger partial charge is 0.322 e. The number of hydrogen-bond acceptors (Lipinski definition) is 3. The summed E-state index contributed by atoms with van der Waals surface area (Å²) >= 11 is 0. The number of benzene rings is 1. The highest BCUT2D eigenvalue weighted by Gasteiger charge is 2.42. The van der Waals surface area contributed by atoms with Crippen molar-refractivity contribution in [2.45, 2.75) is 12.5 Å². The lowest BCUT2D eigenvalue weighted by Crippen LogP contribution is -2.45. The largest absolute Gasteiger partial charge is 0.385 e. The van der Waals surface area contributed by atoms with E-state index in [1.165, 1.54) is 0 Å². The van der Waals surface area contributed by atoms with Gasteiger partial charge >= 0.3 is 6.03 Å². The molecule has 1 N–H and O–H groups in total. The predicted octanol–water partition coefficient (Wildman–Crippen LogP) is 1.52. The molecule has 0 saturated heterocycles. The number of urea groups is 1. The van der Waals surface area contributed by atoms with Crippen molar-refractivity contribution < 1.29 is 14.3 Å². The van der Waals surface area contributed by atoms with Gasteiger partial charge in [0.1, 0.15) is 0 Å². The van der Waals surface area contributed by atoms with Gasteiger partial charge in [0.2, 0.25) is 0 Å². The third kappa shape index (κ3) is 2.82. The van der Waals surface area contributed by atoms with Gasteiger partial charge in [-0.3, -0.25) is 9.69 Å². The van der Waals surface area contributed by atoms with Crippen LogP contribution in [0.3, 0.4) is 0 Å². The standard InChI is InChI=1S/C17H21N3O3/c1-19-13-11-20(9-6-10-23-2)16(21)14(13)15(18-17(19)22)12-7-4-3-5-8-12/h3-5,7-8,15H,6,9-11H2,1-2H3,(H,18,22). The lowest BCUT2D eigenvalue weighted by molar-refractivity contribution is -0.125. The van der Waals surface area contributed by atoms with Crippen molar-refractivity contribution >= 4 is 11.9 Å². The van der Waals surface area contributed by atoms with Gasteiger partial charge in [0.05, 0.1) is 23.9 Å². The zero-order chi connectivity index (χ0) is 16.4. The van der Waals surface area contributed by atoms with Crippen molar-refractivity contribution in [3.8, 4) is 0 Å². The van der Waals surface area contributed by atoms with Gasteiger partial charge in [-0.25, -0.2) is 4.79 Å². The number of methoxy groups -OCH3 is 1. The molecule has 1 unspecified atom stereocenters. The Morgan fingerprint density at radius 3 is 2.70 bits per heavy atom. The number of rotatable bonds is 5. The molecule has 0 bridgehead atoms. The van der Waals surface area contributed by atoms with Gasteiger partial charge in [0, 0.05) is 27.3 Å². The lowest BCUT2D eigenvalue weighted by Gasteiger charge is -2.31. The van der Waals surface area contributed by atoms with E-state index in [0.29, 0.717) is 25.3 Å². The minimum absolute atomic E-state index is 0.00296. The second kappa shape index (κ2) is 6.42. The van der Waals surface area contributed by atoms with Crippen LogP contribution in [0.1, 0.15) is 18.0 Å². The zero-order valence-corrected chi connectivity index (χ0v) is 13.4. The number of carbonyl (C=O) groups is 2. The Kier molecular flexibility index (Phi) is 4.34. The molecule has 3 rings (SSSR count). The molecule has 122 valence electrons. The molecule has 23 heavy (non-hydrogen) atoms. The summed E-state index contributed by atoms with van der Waals surface area (Å²) in [5.74, 6) is -0.00296. The molecule has 0 saturated carbocycles. The average molecular weight is 315 g/mol. The van der Waals surface area contributed by atoms with E-state index in [2.05, 4.69) is 5.32 Å². The third-order valence-electron chi connectivity index (χ3n) is 4.34. The van der Waals surface area contributed by atoms with Gasteiger partial charge in [-0.2, -0.15) is 0 Å². The van der Waals surface area contributed by atoms with Crippen LogP contribution < -0.4 is 5.32 Å². The first-order chi connectivity index (χ1) is 11.1. The van der Waals surface area contributed by atoms with Crippen molar-refractivity contribution in [1.82, 2.24) is 15.1 Å². The number of nitrogens with zero attached hydrogens (tertiary/aromatic N) is 2. The summed E-state index contributed by atoms with van der Waals surface area (Å²) in [5.41, 5.74) is 2.40. The topological polar surface area (TPSA) is 61.9 Å². The van der Waals surface area contributed by atoms with Crippen LogP contribution in [-0.4, -0.2) is 55.6 Å². The summed E-state index contributed by atoms with van der Waals surface area (Å²) in [4.78, 5) is 28.4. The molecule has 0 fully saturated rings. The van der Waals surface area contributed by atoms with Gasteiger partial charge in [0.15, 0.2) is 0 Å². The fourth-order valence-corrected chi connectivity index (χ4v) is 3.10. The molecule has 2 aliphatic rings. The molecule has 2 heterocycles. The number of carbonyl (C=O) groups excluding carboxylic acids is 2. The van der Waals surface area contributed by atoms with Crippen LogP contribution in [0.2, 0.25) is 0 Å². The molecule has 2 aliphatic heterocycles. The van der Waals surface area contributed by atoms with Gasteiger partial charge < -0.3 is 15.0 Å². The maximum Gasteiger partial charge on any atom is 0.322 e.